The molecule has 0 fully saturated rings. The predicted molar refractivity (Wildman–Crippen MR) is 88.3 cm³/mol. The lowest BCUT2D eigenvalue weighted by Gasteiger charge is -2.03. The highest BCUT2D eigenvalue weighted by atomic mass is 79.9. The van der Waals surface area contributed by atoms with Gasteiger partial charge < -0.3 is 11.1 Å². The standard InChI is InChI=1S/C15H11BrN2OS/c16-10-7-4-8-11-12(10)13(17)14(20-11)15(19)18-9-5-2-1-3-6-9/h1-8H,17H2,(H,18,19). The van der Waals surface area contributed by atoms with E-state index in [1.54, 1.807) is 0 Å². The van der Waals surface area contributed by atoms with E-state index in [1.165, 1.54) is 11.3 Å². The lowest BCUT2D eigenvalue weighted by atomic mass is 10.2. The summed E-state index contributed by atoms with van der Waals surface area (Å²) in [7, 11) is 0. The van der Waals surface area contributed by atoms with E-state index in [0.717, 1.165) is 20.2 Å². The Balaban J connectivity index is 2.00. The minimum atomic E-state index is -0.179. The van der Waals surface area contributed by atoms with Gasteiger partial charge in [-0.25, -0.2) is 0 Å². The van der Waals surface area contributed by atoms with Crippen LogP contribution in [-0.4, -0.2) is 5.91 Å². The van der Waals surface area contributed by atoms with Crippen LogP contribution < -0.4 is 11.1 Å². The van der Waals surface area contributed by atoms with E-state index in [0.29, 0.717) is 10.6 Å². The number of hydrogen-bond donors (Lipinski definition) is 2. The Hall–Kier alpha value is -1.85. The summed E-state index contributed by atoms with van der Waals surface area (Å²) in [6, 6.07) is 15.2. The fraction of sp³-hybridized carbons (Fsp3) is 0. The fourth-order valence-corrected chi connectivity index (χ4v) is 3.76. The smallest absolute Gasteiger partial charge is 0.267 e. The molecule has 1 amide bonds. The molecule has 1 aromatic heterocycles. The summed E-state index contributed by atoms with van der Waals surface area (Å²) in [5.41, 5.74) is 7.39. The van der Waals surface area contributed by atoms with Gasteiger partial charge in [-0.05, 0) is 24.3 Å². The number of rotatable bonds is 2. The van der Waals surface area contributed by atoms with Crippen molar-refractivity contribution >= 4 is 54.6 Å². The number of nitrogens with two attached hydrogens (primary N) is 1. The summed E-state index contributed by atoms with van der Waals surface area (Å²) in [5.74, 6) is -0.179. The second kappa shape index (κ2) is 5.26. The van der Waals surface area contributed by atoms with E-state index < -0.39 is 0 Å². The molecule has 100 valence electrons. The monoisotopic (exact) mass is 346 g/mol. The maximum Gasteiger partial charge on any atom is 0.267 e. The third-order valence-corrected chi connectivity index (χ3v) is 4.77. The Bertz CT molecular complexity index is 783. The van der Waals surface area contributed by atoms with E-state index >= 15 is 0 Å². The fourth-order valence-electron chi connectivity index (χ4n) is 2.01. The molecule has 0 unspecified atom stereocenters. The van der Waals surface area contributed by atoms with Crippen molar-refractivity contribution in [3.8, 4) is 0 Å². The number of anilines is 2. The van der Waals surface area contributed by atoms with Crippen LogP contribution in [0.1, 0.15) is 9.67 Å². The van der Waals surface area contributed by atoms with E-state index in [9.17, 15) is 4.79 Å². The van der Waals surface area contributed by atoms with Crippen molar-refractivity contribution in [1.82, 2.24) is 0 Å². The van der Waals surface area contributed by atoms with Crippen LogP contribution in [0.4, 0.5) is 11.4 Å². The first kappa shape index (κ1) is 13.1. The molecule has 0 saturated carbocycles. The molecule has 0 atom stereocenters. The maximum atomic E-state index is 12.3. The number of fused-ring (bicyclic) bond motifs is 1. The molecule has 5 heteroatoms. The number of hydrogen-bond acceptors (Lipinski definition) is 3. The third-order valence-electron chi connectivity index (χ3n) is 2.94. The Kier molecular flexibility index (Phi) is 3.46. The zero-order valence-electron chi connectivity index (χ0n) is 10.4. The Morgan fingerprint density at radius 3 is 2.55 bits per heavy atom. The molecule has 0 aliphatic carbocycles. The van der Waals surface area contributed by atoms with E-state index in [-0.39, 0.29) is 5.91 Å². The number of nitrogen functional groups attached to an aromatic ring is 1. The molecule has 0 saturated heterocycles. The van der Waals surface area contributed by atoms with Gasteiger partial charge in [0.1, 0.15) is 4.88 Å². The van der Waals surface area contributed by atoms with Gasteiger partial charge in [0.2, 0.25) is 0 Å². The molecule has 3 rings (SSSR count). The highest BCUT2D eigenvalue weighted by molar-refractivity contribution is 9.10. The van der Waals surface area contributed by atoms with Crippen LogP contribution in [0, 0.1) is 0 Å². The highest BCUT2D eigenvalue weighted by Crippen LogP contribution is 2.38. The molecule has 0 aliphatic heterocycles. The predicted octanol–water partition coefficient (Wildman–Crippen LogP) is 4.50. The molecule has 20 heavy (non-hydrogen) atoms. The van der Waals surface area contributed by atoms with Crippen LogP contribution >= 0.6 is 27.3 Å². The number of amides is 1. The van der Waals surface area contributed by atoms with Gasteiger partial charge >= 0.3 is 0 Å². The van der Waals surface area contributed by atoms with Crippen LogP contribution in [0.5, 0.6) is 0 Å². The van der Waals surface area contributed by atoms with E-state index in [4.69, 9.17) is 5.73 Å². The van der Waals surface area contributed by atoms with Gasteiger partial charge in [0.25, 0.3) is 5.91 Å². The highest BCUT2D eigenvalue weighted by Gasteiger charge is 2.17. The first-order valence-electron chi connectivity index (χ1n) is 5.99. The van der Waals surface area contributed by atoms with Crippen molar-refractivity contribution in [1.29, 1.82) is 0 Å². The van der Waals surface area contributed by atoms with Crippen molar-refractivity contribution in [3.05, 3.63) is 57.9 Å². The van der Waals surface area contributed by atoms with E-state index in [1.807, 2.05) is 48.5 Å². The Labute approximate surface area is 128 Å². The van der Waals surface area contributed by atoms with Crippen LogP contribution in [0.15, 0.2) is 53.0 Å². The molecule has 0 spiro atoms. The van der Waals surface area contributed by atoms with Gasteiger partial charge in [-0.2, -0.15) is 0 Å². The number of benzene rings is 2. The minimum absolute atomic E-state index is 0.179. The van der Waals surface area contributed by atoms with Gasteiger partial charge in [0.05, 0.1) is 5.69 Å². The largest absolute Gasteiger partial charge is 0.397 e. The summed E-state index contributed by atoms with van der Waals surface area (Å²) < 4.78 is 1.90. The Morgan fingerprint density at radius 2 is 1.85 bits per heavy atom. The molecule has 3 nitrogen and oxygen atoms in total. The summed E-state index contributed by atoms with van der Waals surface area (Å²) >= 11 is 4.87. The molecule has 1 heterocycles. The summed E-state index contributed by atoms with van der Waals surface area (Å²) in [4.78, 5) is 12.9. The zero-order valence-corrected chi connectivity index (χ0v) is 12.8. The molecule has 3 aromatic rings. The van der Waals surface area contributed by atoms with Gasteiger partial charge in [0.15, 0.2) is 0 Å². The maximum absolute atomic E-state index is 12.3. The van der Waals surface area contributed by atoms with Crippen molar-refractivity contribution in [2.45, 2.75) is 0 Å². The SMILES string of the molecule is Nc1c(C(=O)Nc2ccccc2)sc2cccc(Br)c12. The van der Waals surface area contributed by atoms with Crippen molar-refractivity contribution in [2.75, 3.05) is 11.1 Å². The molecular formula is C15H11BrN2OS. The molecule has 0 bridgehead atoms. The zero-order chi connectivity index (χ0) is 14.1. The first-order valence-corrected chi connectivity index (χ1v) is 7.60. The molecule has 0 radical (unpaired) electrons. The van der Waals surface area contributed by atoms with Crippen molar-refractivity contribution < 1.29 is 4.79 Å². The quantitative estimate of drug-likeness (QED) is 0.717. The van der Waals surface area contributed by atoms with Gasteiger partial charge in [0, 0.05) is 20.2 Å². The molecule has 0 aliphatic rings. The summed E-state index contributed by atoms with van der Waals surface area (Å²) in [6.07, 6.45) is 0. The number of carbonyl (C=O) groups excluding carboxylic acids is 1. The molecule has 3 N–H and O–H groups in total. The lowest BCUT2D eigenvalue weighted by molar-refractivity contribution is 0.103. The average molecular weight is 347 g/mol. The third kappa shape index (κ3) is 2.30. The van der Waals surface area contributed by atoms with Crippen LogP contribution in [-0.2, 0) is 0 Å². The second-order valence-corrected chi connectivity index (χ2v) is 6.18. The molecular weight excluding hydrogens is 336 g/mol. The topological polar surface area (TPSA) is 55.1 Å². The number of nitrogens with one attached hydrogen (secondary N) is 1. The minimum Gasteiger partial charge on any atom is -0.397 e. The van der Waals surface area contributed by atoms with Crippen molar-refractivity contribution in [3.63, 3.8) is 0 Å². The van der Waals surface area contributed by atoms with Crippen LogP contribution in [0.25, 0.3) is 10.1 Å². The summed E-state index contributed by atoms with van der Waals surface area (Å²) in [6.45, 7) is 0. The summed E-state index contributed by atoms with van der Waals surface area (Å²) in [5, 5.41) is 3.75. The first-order chi connectivity index (χ1) is 9.66. The normalized spacial score (nSPS) is 10.7. The Morgan fingerprint density at radius 1 is 1.10 bits per heavy atom. The van der Waals surface area contributed by atoms with Crippen LogP contribution in [0.2, 0.25) is 0 Å². The van der Waals surface area contributed by atoms with Gasteiger partial charge in [-0.1, -0.05) is 40.2 Å². The lowest BCUT2D eigenvalue weighted by Crippen LogP contribution is -2.11. The van der Waals surface area contributed by atoms with E-state index in [2.05, 4.69) is 21.2 Å². The van der Waals surface area contributed by atoms with Gasteiger partial charge in [-0.15, -0.1) is 11.3 Å². The molecule has 2 aromatic carbocycles. The second-order valence-electron chi connectivity index (χ2n) is 4.28. The average Bonchev–Trinajstić information content (AvgIpc) is 2.79. The number of halogens is 1. The number of para-hydroxylation sites is 1. The van der Waals surface area contributed by atoms with Gasteiger partial charge in [-0.3, -0.25) is 4.79 Å². The van der Waals surface area contributed by atoms with Crippen molar-refractivity contribution in [2.24, 2.45) is 0 Å². The number of carbonyl (C=O) groups is 1. The number of thiophene rings is 1. The van der Waals surface area contributed by atoms with Crippen LogP contribution in [0.3, 0.4) is 0 Å².